The smallest absolute Gasteiger partial charge is 0.263 e. The van der Waals surface area contributed by atoms with Crippen molar-refractivity contribution in [1.82, 2.24) is 5.32 Å². The van der Waals surface area contributed by atoms with E-state index in [9.17, 15) is 4.79 Å². The number of nitrogens with two attached hydrogens (primary N) is 1. The molecule has 2 aromatic rings. The maximum absolute atomic E-state index is 12.0. The van der Waals surface area contributed by atoms with Gasteiger partial charge in [0.2, 0.25) is 0 Å². The van der Waals surface area contributed by atoms with Crippen LogP contribution >= 0.6 is 11.3 Å². The second kappa shape index (κ2) is 7.13. The van der Waals surface area contributed by atoms with Crippen LogP contribution < -0.4 is 16.4 Å². The third-order valence-electron chi connectivity index (χ3n) is 3.16. The molecule has 1 atom stereocenters. The van der Waals surface area contributed by atoms with E-state index in [4.69, 9.17) is 5.73 Å². The molecule has 1 amide bonds. The molecule has 0 saturated carbocycles. The summed E-state index contributed by atoms with van der Waals surface area (Å²) in [6.45, 7) is 4.77. The summed E-state index contributed by atoms with van der Waals surface area (Å²) in [6, 6.07) is 12.2. The Morgan fingerprint density at radius 2 is 2.05 bits per heavy atom. The van der Waals surface area contributed by atoms with Gasteiger partial charge < -0.3 is 16.4 Å². The third-order valence-corrected chi connectivity index (χ3v) is 4.24. The van der Waals surface area contributed by atoms with Gasteiger partial charge in [-0.25, -0.2) is 0 Å². The molecule has 0 bridgehead atoms. The minimum Gasteiger partial charge on any atom is -0.397 e. The average Bonchev–Trinajstić information content (AvgIpc) is 2.86. The Morgan fingerprint density at radius 1 is 1.33 bits per heavy atom. The molecule has 1 unspecified atom stereocenters. The average molecular weight is 303 g/mol. The van der Waals surface area contributed by atoms with Crippen LogP contribution in [0.5, 0.6) is 0 Å². The number of benzene rings is 1. The van der Waals surface area contributed by atoms with Gasteiger partial charge >= 0.3 is 0 Å². The zero-order chi connectivity index (χ0) is 15.2. The van der Waals surface area contributed by atoms with Crippen molar-refractivity contribution in [3.05, 3.63) is 46.8 Å². The highest BCUT2D eigenvalue weighted by atomic mass is 32.1. The number of anilines is 2. The van der Waals surface area contributed by atoms with Gasteiger partial charge in [-0.05, 0) is 25.0 Å². The molecule has 21 heavy (non-hydrogen) atoms. The fraction of sp³-hybridized carbons (Fsp3) is 0.312. The normalized spacial score (nSPS) is 11.9. The zero-order valence-corrected chi connectivity index (χ0v) is 13.2. The van der Waals surface area contributed by atoms with Crippen LogP contribution in [-0.4, -0.2) is 12.5 Å². The summed E-state index contributed by atoms with van der Waals surface area (Å²) in [6.07, 6.45) is 0.910. The topological polar surface area (TPSA) is 67.2 Å². The fourth-order valence-corrected chi connectivity index (χ4v) is 2.99. The fourth-order valence-electron chi connectivity index (χ4n) is 2.01. The van der Waals surface area contributed by atoms with Crippen molar-refractivity contribution in [2.45, 2.75) is 26.3 Å². The van der Waals surface area contributed by atoms with E-state index in [1.165, 1.54) is 16.9 Å². The van der Waals surface area contributed by atoms with Gasteiger partial charge in [-0.15, -0.1) is 11.3 Å². The molecule has 4 nitrogen and oxygen atoms in total. The molecule has 1 heterocycles. The maximum atomic E-state index is 12.0. The number of nitrogen functional groups attached to an aromatic ring is 1. The van der Waals surface area contributed by atoms with E-state index in [-0.39, 0.29) is 11.9 Å². The molecule has 1 aromatic carbocycles. The molecule has 0 fully saturated rings. The van der Waals surface area contributed by atoms with Gasteiger partial charge in [0, 0.05) is 12.6 Å². The summed E-state index contributed by atoms with van der Waals surface area (Å²) >= 11 is 1.39. The van der Waals surface area contributed by atoms with Gasteiger partial charge in [-0.1, -0.05) is 37.3 Å². The predicted octanol–water partition coefficient (Wildman–Crippen LogP) is 3.64. The number of hydrogen-bond acceptors (Lipinski definition) is 4. The van der Waals surface area contributed by atoms with E-state index in [2.05, 4.69) is 29.7 Å². The third kappa shape index (κ3) is 3.98. The number of carbonyl (C=O) groups excluding carboxylic acids is 1. The lowest BCUT2D eigenvalue weighted by Crippen LogP contribution is -2.23. The summed E-state index contributed by atoms with van der Waals surface area (Å²) in [5.41, 5.74) is 7.66. The minimum atomic E-state index is -0.0974. The SMILES string of the molecule is CCCNC(=O)c1sc(NC(C)c2ccccc2)cc1N. The Bertz CT molecular complexity index is 595. The van der Waals surface area contributed by atoms with Crippen LogP contribution in [0.3, 0.4) is 0 Å². The maximum Gasteiger partial charge on any atom is 0.263 e. The lowest BCUT2D eigenvalue weighted by Gasteiger charge is -2.13. The summed E-state index contributed by atoms with van der Waals surface area (Å²) < 4.78 is 0. The first-order valence-electron chi connectivity index (χ1n) is 7.10. The molecule has 1 aromatic heterocycles. The molecule has 4 N–H and O–H groups in total. The van der Waals surface area contributed by atoms with Crippen LogP contribution in [0.1, 0.15) is 41.5 Å². The molecule has 0 aliphatic carbocycles. The molecule has 0 aliphatic rings. The number of amides is 1. The first-order valence-corrected chi connectivity index (χ1v) is 7.92. The van der Waals surface area contributed by atoms with Crippen LogP contribution in [0, 0.1) is 0 Å². The van der Waals surface area contributed by atoms with Crippen LogP contribution in [0.15, 0.2) is 36.4 Å². The van der Waals surface area contributed by atoms with E-state index in [0.717, 1.165) is 11.4 Å². The molecule has 0 spiro atoms. The predicted molar refractivity (Wildman–Crippen MR) is 89.8 cm³/mol. The van der Waals surface area contributed by atoms with Crippen molar-refractivity contribution in [3.63, 3.8) is 0 Å². The van der Waals surface area contributed by atoms with Gasteiger partial charge in [-0.2, -0.15) is 0 Å². The Kier molecular flexibility index (Phi) is 5.22. The van der Waals surface area contributed by atoms with Gasteiger partial charge in [-0.3, -0.25) is 4.79 Å². The van der Waals surface area contributed by atoms with Gasteiger partial charge in [0.1, 0.15) is 4.88 Å². The monoisotopic (exact) mass is 303 g/mol. The first kappa shape index (κ1) is 15.4. The van der Waals surface area contributed by atoms with Gasteiger partial charge in [0.25, 0.3) is 5.91 Å². The molecule has 0 aliphatic heterocycles. The molecule has 112 valence electrons. The lowest BCUT2D eigenvalue weighted by molar-refractivity contribution is 0.0958. The number of rotatable bonds is 6. The zero-order valence-electron chi connectivity index (χ0n) is 12.3. The molecular weight excluding hydrogens is 282 g/mol. The number of carbonyl (C=O) groups is 1. The van der Waals surface area contributed by atoms with Crippen LogP contribution in [-0.2, 0) is 0 Å². The van der Waals surface area contributed by atoms with Crippen LogP contribution in [0.2, 0.25) is 0 Å². The first-order chi connectivity index (χ1) is 10.1. The number of thiophene rings is 1. The van der Waals surface area contributed by atoms with E-state index >= 15 is 0 Å². The molecule has 0 saturated heterocycles. The second-order valence-corrected chi connectivity index (χ2v) is 5.98. The Hall–Kier alpha value is -2.01. The Morgan fingerprint density at radius 3 is 2.71 bits per heavy atom. The van der Waals surface area contributed by atoms with Crippen molar-refractivity contribution in [3.8, 4) is 0 Å². The summed E-state index contributed by atoms with van der Waals surface area (Å²) in [7, 11) is 0. The number of hydrogen-bond donors (Lipinski definition) is 3. The van der Waals surface area contributed by atoms with Crippen molar-refractivity contribution < 1.29 is 4.79 Å². The van der Waals surface area contributed by atoms with Crippen molar-refractivity contribution >= 4 is 27.9 Å². The highest BCUT2D eigenvalue weighted by Crippen LogP contribution is 2.31. The van der Waals surface area contributed by atoms with Crippen molar-refractivity contribution in [1.29, 1.82) is 0 Å². The Labute approximate surface area is 129 Å². The van der Waals surface area contributed by atoms with Gasteiger partial charge in [0.05, 0.1) is 10.7 Å². The molecule has 0 radical (unpaired) electrons. The largest absolute Gasteiger partial charge is 0.397 e. The summed E-state index contributed by atoms with van der Waals surface area (Å²) in [4.78, 5) is 12.6. The lowest BCUT2D eigenvalue weighted by atomic mass is 10.1. The standard InChI is InChI=1S/C16H21N3OS/c1-3-9-18-16(20)15-13(17)10-14(21-15)19-11(2)12-7-5-4-6-8-12/h4-8,10-11,19H,3,9,17H2,1-2H3,(H,18,20). The van der Waals surface area contributed by atoms with E-state index < -0.39 is 0 Å². The van der Waals surface area contributed by atoms with E-state index in [1.54, 1.807) is 0 Å². The highest BCUT2D eigenvalue weighted by Gasteiger charge is 2.15. The van der Waals surface area contributed by atoms with Crippen molar-refractivity contribution in [2.75, 3.05) is 17.6 Å². The minimum absolute atomic E-state index is 0.0974. The molecule has 5 heteroatoms. The quantitative estimate of drug-likeness (QED) is 0.763. The van der Waals surface area contributed by atoms with E-state index in [0.29, 0.717) is 17.1 Å². The molecule has 2 rings (SSSR count). The Balaban J connectivity index is 2.06. The van der Waals surface area contributed by atoms with Crippen LogP contribution in [0.4, 0.5) is 10.7 Å². The highest BCUT2D eigenvalue weighted by molar-refractivity contribution is 7.18. The summed E-state index contributed by atoms with van der Waals surface area (Å²) in [5.74, 6) is -0.0974. The van der Waals surface area contributed by atoms with Crippen molar-refractivity contribution in [2.24, 2.45) is 0 Å². The summed E-state index contributed by atoms with van der Waals surface area (Å²) in [5, 5.41) is 7.15. The second-order valence-electron chi connectivity index (χ2n) is 4.93. The van der Waals surface area contributed by atoms with Gasteiger partial charge in [0.15, 0.2) is 0 Å². The van der Waals surface area contributed by atoms with E-state index in [1.807, 2.05) is 31.2 Å². The number of nitrogens with one attached hydrogen (secondary N) is 2. The van der Waals surface area contributed by atoms with Crippen LogP contribution in [0.25, 0.3) is 0 Å². The molecular formula is C16H21N3OS.